The van der Waals surface area contributed by atoms with E-state index in [-0.39, 0.29) is 23.3 Å². The molecule has 1 aromatic carbocycles. The molecule has 1 amide bonds. The van der Waals surface area contributed by atoms with Crippen molar-refractivity contribution < 1.29 is 9.18 Å². The molecule has 2 unspecified atom stereocenters. The van der Waals surface area contributed by atoms with Gasteiger partial charge in [-0.15, -0.1) is 0 Å². The highest BCUT2D eigenvalue weighted by atomic mass is 19.1. The number of nitrogens with zero attached hydrogens (tertiary/aromatic N) is 3. The minimum atomic E-state index is -0.709. The van der Waals surface area contributed by atoms with Crippen LogP contribution in [0.5, 0.6) is 0 Å². The number of carbonyl (C=O) groups excluding carboxylic acids is 1. The van der Waals surface area contributed by atoms with E-state index in [1.54, 1.807) is 24.0 Å². The Morgan fingerprint density at radius 2 is 2.00 bits per heavy atom. The summed E-state index contributed by atoms with van der Waals surface area (Å²) in [6.45, 7) is 3.69. The Morgan fingerprint density at radius 3 is 2.73 bits per heavy atom. The highest BCUT2D eigenvalue weighted by molar-refractivity contribution is 5.97. The molecule has 1 aliphatic heterocycles. The number of rotatable bonds is 3. The van der Waals surface area contributed by atoms with E-state index < -0.39 is 6.04 Å². The fraction of sp³-hybridized carbons (Fsp3) is 0.450. The van der Waals surface area contributed by atoms with Crippen molar-refractivity contribution in [2.75, 3.05) is 4.90 Å². The van der Waals surface area contributed by atoms with Crippen LogP contribution >= 0.6 is 0 Å². The summed E-state index contributed by atoms with van der Waals surface area (Å²) in [5.41, 5.74) is 2.15. The van der Waals surface area contributed by atoms with Crippen LogP contribution < -0.4 is 10.5 Å². The SMILES string of the molecule is CC1CCc2cc(F)ccc2N1C(=O)C(C)n1nc(C2CC2)ccc1=O. The first-order valence-electron chi connectivity index (χ1n) is 9.17. The maximum Gasteiger partial charge on any atom is 0.267 e. The fourth-order valence-corrected chi connectivity index (χ4v) is 3.68. The number of fused-ring (bicyclic) bond motifs is 1. The van der Waals surface area contributed by atoms with Crippen LogP contribution in [0.1, 0.15) is 56.3 Å². The summed E-state index contributed by atoms with van der Waals surface area (Å²) in [7, 11) is 0. The lowest BCUT2D eigenvalue weighted by atomic mass is 9.95. The lowest BCUT2D eigenvalue weighted by Crippen LogP contribution is -2.47. The van der Waals surface area contributed by atoms with Gasteiger partial charge in [-0.3, -0.25) is 9.59 Å². The van der Waals surface area contributed by atoms with E-state index in [2.05, 4.69) is 5.10 Å². The third kappa shape index (κ3) is 2.93. The topological polar surface area (TPSA) is 55.2 Å². The zero-order chi connectivity index (χ0) is 18.4. The first kappa shape index (κ1) is 16.9. The molecule has 0 N–H and O–H groups in total. The van der Waals surface area contributed by atoms with Crippen LogP contribution in [0.2, 0.25) is 0 Å². The first-order chi connectivity index (χ1) is 12.5. The number of aromatic nitrogens is 2. The average Bonchev–Trinajstić information content (AvgIpc) is 3.46. The molecule has 0 saturated heterocycles. The molecule has 2 atom stereocenters. The molecule has 1 aliphatic carbocycles. The highest BCUT2D eigenvalue weighted by Gasteiger charge is 2.33. The molecule has 6 heteroatoms. The Morgan fingerprint density at radius 1 is 1.23 bits per heavy atom. The van der Waals surface area contributed by atoms with Crippen molar-refractivity contribution >= 4 is 11.6 Å². The van der Waals surface area contributed by atoms with Crippen LogP contribution in [-0.4, -0.2) is 21.7 Å². The molecule has 0 radical (unpaired) electrons. The molecule has 1 saturated carbocycles. The van der Waals surface area contributed by atoms with E-state index in [0.29, 0.717) is 5.92 Å². The Labute approximate surface area is 151 Å². The van der Waals surface area contributed by atoms with Crippen LogP contribution in [-0.2, 0) is 11.2 Å². The summed E-state index contributed by atoms with van der Waals surface area (Å²) in [5.74, 6) is -0.0804. The predicted molar refractivity (Wildman–Crippen MR) is 96.9 cm³/mol. The standard InChI is InChI=1S/C20H22FN3O2/c1-12-3-4-15-11-16(21)7-9-18(15)23(12)20(26)13(2)24-19(25)10-8-17(22-24)14-5-6-14/h7-14H,3-6H2,1-2H3. The summed E-state index contributed by atoms with van der Waals surface area (Å²) in [5, 5.41) is 4.44. The maximum atomic E-state index is 13.6. The fourth-order valence-electron chi connectivity index (χ4n) is 3.68. The van der Waals surface area contributed by atoms with Crippen LogP contribution in [0.15, 0.2) is 35.1 Å². The van der Waals surface area contributed by atoms with Gasteiger partial charge >= 0.3 is 0 Å². The third-order valence-electron chi connectivity index (χ3n) is 5.38. The van der Waals surface area contributed by atoms with Crippen molar-refractivity contribution in [1.29, 1.82) is 0 Å². The summed E-state index contributed by atoms with van der Waals surface area (Å²) in [6, 6.07) is 7.05. The number of aryl methyl sites for hydroxylation is 1. The monoisotopic (exact) mass is 355 g/mol. The van der Waals surface area contributed by atoms with E-state index in [4.69, 9.17) is 0 Å². The van der Waals surface area contributed by atoms with E-state index in [0.717, 1.165) is 42.6 Å². The van der Waals surface area contributed by atoms with Gasteiger partial charge < -0.3 is 4.90 Å². The molecular formula is C20H22FN3O2. The third-order valence-corrected chi connectivity index (χ3v) is 5.38. The van der Waals surface area contributed by atoms with Crippen molar-refractivity contribution in [1.82, 2.24) is 9.78 Å². The Bertz CT molecular complexity index is 920. The van der Waals surface area contributed by atoms with Gasteiger partial charge in [-0.1, -0.05) is 0 Å². The Kier molecular flexibility index (Phi) is 4.13. The number of hydrogen-bond acceptors (Lipinski definition) is 3. The van der Waals surface area contributed by atoms with Gasteiger partial charge in [-0.25, -0.2) is 9.07 Å². The van der Waals surface area contributed by atoms with E-state index in [9.17, 15) is 14.0 Å². The van der Waals surface area contributed by atoms with Gasteiger partial charge in [0, 0.05) is 23.7 Å². The molecule has 26 heavy (non-hydrogen) atoms. The van der Waals surface area contributed by atoms with Crippen molar-refractivity contribution in [3.8, 4) is 0 Å². The number of amides is 1. The van der Waals surface area contributed by atoms with Crippen LogP contribution in [0.3, 0.4) is 0 Å². The highest BCUT2D eigenvalue weighted by Crippen LogP contribution is 2.38. The second-order valence-corrected chi connectivity index (χ2v) is 7.36. The summed E-state index contributed by atoms with van der Waals surface area (Å²) < 4.78 is 14.9. The quantitative estimate of drug-likeness (QED) is 0.850. The minimum absolute atomic E-state index is 0.00905. The zero-order valence-electron chi connectivity index (χ0n) is 15.0. The summed E-state index contributed by atoms with van der Waals surface area (Å²) >= 11 is 0. The number of anilines is 1. The van der Waals surface area contributed by atoms with Crippen LogP contribution in [0.4, 0.5) is 10.1 Å². The van der Waals surface area contributed by atoms with Gasteiger partial charge in [-0.2, -0.15) is 5.10 Å². The van der Waals surface area contributed by atoms with Crippen molar-refractivity contribution in [2.24, 2.45) is 0 Å². The van der Waals surface area contributed by atoms with Gasteiger partial charge in [0.2, 0.25) is 0 Å². The van der Waals surface area contributed by atoms with Crippen LogP contribution in [0.25, 0.3) is 0 Å². The zero-order valence-corrected chi connectivity index (χ0v) is 15.0. The Balaban J connectivity index is 1.69. The number of benzene rings is 1. The second-order valence-electron chi connectivity index (χ2n) is 7.36. The van der Waals surface area contributed by atoms with Gasteiger partial charge in [0.05, 0.1) is 5.69 Å². The molecule has 136 valence electrons. The molecule has 1 aromatic heterocycles. The normalized spacial score (nSPS) is 20.6. The second kappa shape index (κ2) is 6.34. The Hall–Kier alpha value is -2.50. The van der Waals surface area contributed by atoms with Gasteiger partial charge in [0.1, 0.15) is 11.9 Å². The average molecular weight is 355 g/mol. The van der Waals surface area contributed by atoms with Crippen molar-refractivity contribution in [2.45, 2.75) is 57.5 Å². The lowest BCUT2D eigenvalue weighted by molar-refractivity contribution is -0.122. The van der Waals surface area contributed by atoms with Gasteiger partial charge in [0.25, 0.3) is 11.5 Å². The predicted octanol–water partition coefficient (Wildman–Crippen LogP) is 3.19. The van der Waals surface area contributed by atoms with Gasteiger partial charge in [-0.05, 0) is 69.4 Å². The molecule has 5 nitrogen and oxygen atoms in total. The number of hydrogen-bond donors (Lipinski definition) is 0. The van der Waals surface area contributed by atoms with Crippen molar-refractivity contribution in [3.05, 3.63) is 57.8 Å². The molecule has 0 bridgehead atoms. The lowest BCUT2D eigenvalue weighted by Gasteiger charge is -2.37. The molecular weight excluding hydrogens is 333 g/mol. The number of carbonyl (C=O) groups is 1. The summed E-state index contributed by atoms with van der Waals surface area (Å²) in [6.07, 6.45) is 3.66. The number of halogens is 1. The smallest absolute Gasteiger partial charge is 0.267 e. The minimum Gasteiger partial charge on any atom is -0.308 e. The van der Waals surface area contributed by atoms with Crippen LogP contribution in [0, 0.1) is 5.82 Å². The van der Waals surface area contributed by atoms with E-state index >= 15 is 0 Å². The first-order valence-corrected chi connectivity index (χ1v) is 9.17. The molecule has 2 aromatic rings. The molecule has 2 heterocycles. The molecule has 2 aliphatic rings. The summed E-state index contributed by atoms with van der Waals surface area (Å²) in [4.78, 5) is 27.2. The van der Waals surface area contributed by atoms with E-state index in [1.807, 2.05) is 6.92 Å². The van der Waals surface area contributed by atoms with E-state index in [1.165, 1.54) is 22.9 Å². The van der Waals surface area contributed by atoms with Crippen molar-refractivity contribution in [3.63, 3.8) is 0 Å². The van der Waals surface area contributed by atoms with Gasteiger partial charge in [0.15, 0.2) is 0 Å². The molecule has 0 spiro atoms. The maximum absolute atomic E-state index is 13.6. The molecule has 4 rings (SSSR count). The largest absolute Gasteiger partial charge is 0.308 e. The molecule has 1 fully saturated rings.